The van der Waals surface area contributed by atoms with Gasteiger partial charge in [-0.05, 0) is 11.1 Å². The first-order valence-electron chi connectivity index (χ1n) is 11.5. The molecule has 0 heterocycles. The summed E-state index contributed by atoms with van der Waals surface area (Å²) < 4.78 is 14.5. The number of nitro benzene ring substituents is 1. The van der Waals surface area contributed by atoms with E-state index in [1.54, 1.807) is 24.3 Å². The highest BCUT2D eigenvalue weighted by molar-refractivity contribution is 5.86. The lowest BCUT2D eigenvalue weighted by Gasteiger charge is -2.26. The molecule has 2 aromatic rings. The molecule has 0 saturated heterocycles. The van der Waals surface area contributed by atoms with Gasteiger partial charge in [-0.1, -0.05) is 42.5 Å². The van der Waals surface area contributed by atoms with Crippen LogP contribution in [-0.4, -0.2) is 66.9 Å². The Hall–Kier alpha value is -4.52. The Bertz CT molecular complexity index is 1110. The molecule has 0 spiro atoms. The number of non-ortho nitro benzene ring substituents is 1. The number of nitro groups is 1. The van der Waals surface area contributed by atoms with Crippen LogP contribution in [-0.2, 0) is 35.2 Å². The van der Waals surface area contributed by atoms with Gasteiger partial charge in [0.05, 0.1) is 38.1 Å². The van der Waals surface area contributed by atoms with Crippen molar-refractivity contribution in [3.63, 3.8) is 0 Å². The van der Waals surface area contributed by atoms with Crippen LogP contribution in [0.1, 0.15) is 29.9 Å². The van der Waals surface area contributed by atoms with E-state index in [1.165, 1.54) is 24.3 Å². The lowest BCUT2D eigenvalue weighted by atomic mass is 9.88. The van der Waals surface area contributed by atoms with E-state index in [0.717, 1.165) is 19.8 Å². The third-order valence-electron chi connectivity index (χ3n) is 5.44. The molecule has 13 heteroatoms. The van der Waals surface area contributed by atoms with Crippen LogP contribution in [0.5, 0.6) is 0 Å². The van der Waals surface area contributed by atoms with Crippen molar-refractivity contribution in [1.82, 2.24) is 10.6 Å². The molecular formula is C25H29N3O10. The van der Waals surface area contributed by atoms with Gasteiger partial charge in [0, 0.05) is 24.6 Å². The summed E-state index contributed by atoms with van der Waals surface area (Å²) in [4.78, 5) is 59.5. The number of amides is 2. The van der Waals surface area contributed by atoms with Crippen molar-refractivity contribution >= 4 is 29.6 Å². The van der Waals surface area contributed by atoms with Gasteiger partial charge in [0.2, 0.25) is 5.91 Å². The molecule has 0 radical (unpaired) electrons. The van der Waals surface area contributed by atoms with Gasteiger partial charge in [0.15, 0.2) is 0 Å². The van der Waals surface area contributed by atoms with E-state index in [0.29, 0.717) is 5.56 Å². The lowest BCUT2D eigenvalue weighted by molar-refractivity contribution is -0.384. The van der Waals surface area contributed by atoms with Crippen LogP contribution in [0.3, 0.4) is 0 Å². The average Bonchev–Trinajstić information content (AvgIpc) is 2.92. The van der Waals surface area contributed by atoms with Gasteiger partial charge in [-0.25, -0.2) is 9.59 Å². The molecule has 0 aliphatic rings. The van der Waals surface area contributed by atoms with Gasteiger partial charge in [-0.15, -0.1) is 0 Å². The highest BCUT2D eigenvalue weighted by Crippen LogP contribution is 2.27. The van der Waals surface area contributed by atoms with Crippen molar-refractivity contribution in [3.05, 3.63) is 75.8 Å². The summed E-state index contributed by atoms with van der Waals surface area (Å²) >= 11 is 0. The highest BCUT2D eigenvalue weighted by atomic mass is 16.6. The van der Waals surface area contributed by atoms with Crippen molar-refractivity contribution in [3.8, 4) is 0 Å². The molecule has 38 heavy (non-hydrogen) atoms. The van der Waals surface area contributed by atoms with Crippen molar-refractivity contribution in [2.75, 3.05) is 20.8 Å². The standard InChI is InChI=1S/C25H29N3O10/c1-36-22(31)13-20(17-8-10-18(11-9-17)28(34)35)23(24(32)37-2)27-21(30)12-19(29)14-26-25(33)38-15-16-6-4-3-5-7-16/h3-11,19-20,23,29H,12-15H2,1-2H3,(H,26,33)(H,27,30)/t19-,20+,23-/m0/s1. The topological polar surface area (TPSA) is 183 Å². The van der Waals surface area contributed by atoms with Crippen LogP contribution >= 0.6 is 0 Å². The number of carbonyl (C=O) groups excluding carboxylic acids is 4. The number of hydrogen-bond acceptors (Lipinski definition) is 10. The van der Waals surface area contributed by atoms with Crippen molar-refractivity contribution in [2.45, 2.75) is 37.5 Å². The smallest absolute Gasteiger partial charge is 0.407 e. The lowest BCUT2D eigenvalue weighted by Crippen LogP contribution is -2.47. The number of rotatable bonds is 13. The van der Waals surface area contributed by atoms with Gasteiger partial charge in [0.1, 0.15) is 12.6 Å². The minimum atomic E-state index is -1.39. The maximum absolute atomic E-state index is 12.6. The van der Waals surface area contributed by atoms with E-state index in [9.17, 15) is 34.4 Å². The van der Waals surface area contributed by atoms with E-state index in [2.05, 4.69) is 10.6 Å². The summed E-state index contributed by atoms with van der Waals surface area (Å²) in [6.07, 6.45) is -2.98. The quantitative estimate of drug-likeness (QED) is 0.148. The maximum atomic E-state index is 12.6. The second-order valence-corrected chi connectivity index (χ2v) is 8.10. The molecule has 204 valence electrons. The Labute approximate surface area is 218 Å². The molecule has 3 N–H and O–H groups in total. The average molecular weight is 532 g/mol. The first kappa shape index (κ1) is 29.7. The molecule has 0 aliphatic heterocycles. The summed E-state index contributed by atoms with van der Waals surface area (Å²) in [6, 6.07) is 12.7. The minimum absolute atomic E-state index is 0.0221. The predicted molar refractivity (Wildman–Crippen MR) is 132 cm³/mol. The monoisotopic (exact) mass is 531 g/mol. The van der Waals surface area contributed by atoms with E-state index in [-0.39, 0.29) is 25.3 Å². The number of nitrogens with one attached hydrogen (secondary N) is 2. The van der Waals surface area contributed by atoms with Crippen LogP contribution in [0.2, 0.25) is 0 Å². The van der Waals surface area contributed by atoms with Gasteiger partial charge in [-0.2, -0.15) is 0 Å². The fourth-order valence-electron chi connectivity index (χ4n) is 3.48. The van der Waals surface area contributed by atoms with Crippen molar-refractivity contribution in [1.29, 1.82) is 0 Å². The van der Waals surface area contributed by atoms with Crippen LogP contribution < -0.4 is 10.6 Å². The number of alkyl carbamates (subject to hydrolysis) is 1. The Morgan fingerprint density at radius 3 is 2.21 bits per heavy atom. The SMILES string of the molecule is COC(=O)C[C@H](c1ccc([N+](=O)[O-])cc1)[C@H](NC(=O)C[C@H](O)CNC(=O)OCc1ccccc1)C(=O)OC. The Balaban J connectivity index is 2.03. The third-order valence-corrected chi connectivity index (χ3v) is 5.44. The van der Waals surface area contributed by atoms with E-state index in [1.807, 2.05) is 6.07 Å². The zero-order valence-electron chi connectivity index (χ0n) is 20.8. The summed E-state index contributed by atoms with van der Waals surface area (Å²) in [7, 11) is 2.24. The third kappa shape index (κ3) is 9.50. The van der Waals surface area contributed by atoms with Crippen LogP contribution in [0, 0.1) is 10.1 Å². The number of ether oxygens (including phenoxy) is 3. The number of carbonyl (C=O) groups is 4. The van der Waals surface area contributed by atoms with E-state index in [4.69, 9.17) is 14.2 Å². The van der Waals surface area contributed by atoms with Crippen molar-refractivity contribution in [2.24, 2.45) is 0 Å². The Morgan fingerprint density at radius 1 is 0.974 bits per heavy atom. The summed E-state index contributed by atoms with van der Waals surface area (Å²) in [5.74, 6) is -3.36. The zero-order chi connectivity index (χ0) is 28.1. The molecule has 0 unspecified atom stereocenters. The largest absolute Gasteiger partial charge is 0.469 e. The molecular weight excluding hydrogens is 502 g/mol. The second kappa shape index (κ2) is 14.9. The fraction of sp³-hybridized carbons (Fsp3) is 0.360. The molecule has 3 atom stereocenters. The number of aliphatic hydroxyl groups excluding tert-OH is 1. The van der Waals surface area contributed by atoms with Crippen LogP contribution in [0.4, 0.5) is 10.5 Å². The van der Waals surface area contributed by atoms with E-state index < -0.39 is 53.3 Å². The van der Waals surface area contributed by atoms with Gasteiger partial charge < -0.3 is 30.0 Å². The number of hydrogen-bond donors (Lipinski definition) is 3. The highest BCUT2D eigenvalue weighted by Gasteiger charge is 2.34. The summed E-state index contributed by atoms with van der Waals surface area (Å²) in [5, 5.41) is 26.0. The first-order valence-corrected chi connectivity index (χ1v) is 11.5. The molecule has 2 rings (SSSR count). The van der Waals surface area contributed by atoms with Crippen LogP contribution in [0.15, 0.2) is 54.6 Å². The van der Waals surface area contributed by atoms with Gasteiger partial charge in [0.25, 0.3) is 5.69 Å². The molecule has 2 amide bonds. The molecule has 0 aliphatic carbocycles. The molecule has 0 fully saturated rings. The number of esters is 2. The maximum Gasteiger partial charge on any atom is 0.407 e. The summed E-state index contributed by atoms with van der Waals surface area (Å²) in [5.41, 5.74) is 0.896. The fourth-order valence-corrected chi connectivity index (χ4v) is 3.48. The van der Waals surface area contributed by atoms with E-state index >= 15 is 0 Å². The number of aliphatic hydroxyl groups is 1. The molecule has 2 aromatic carbocycles. The van der Waals surface area contributed by atoms with Crippen LogP contribution in [0.25, 0.3) is 0 Å². The second-order valence-electron chi connectivity index (χ2n) is 8.10. The normalized spacial score (nSPS) is 12.8. The minimum Gasteiger partial charge on any atom is -0.469 e. The molecule has 0 saturated carbocycles. The predicted octanol–water partition coefficient (Wildman–Crippen LogP) is 1.58. The van der Waals surface area contributed by atoms with Crippen molar-refractivity contribution < 1.29 is 43.4 Å². The Kier molecular flexibility index (Phi) is 11.6. The molecule has 0 aromatic heterocycles. The number of benzene rings is 2. The first-order chi connectivity index (χ1) is 18.1. The van der Waals surface area contributed by atoms with Gasteiger partial charge >= 0.3 is 18.0 Å². The number of methoxy groups -OCH3 is 2. The molecule has 13 nitrogen and oxygen atoms in total. The zero-order valence-corrected chi connectivity index (χ0v) is 20.8. The summed E-state index contributed by atoms with van der Waals surface area (Å²) in [6.45, 7) is -0.286. The number of nitrogens with zero attached hydrogens (tertiary/aromatic N) is 1. The molecule has 0 bridgehead atoms. The Morgan fingerprint density at radius 2 is 1.63 bits per heavy atom. The van der Waals surface area contributed by atoms with Gasteiger partial charge in [-0.3, -0.25) is 19.7 Å².